The van der Waals surface area contributed by atoms with E-state index in [4.69, 9.17) is 0 Å². The van der Waals surface area contributed by atoms with Crippen molar-refractivity contribution in [3.63, 3.8) is 0 Å². The molecule has 1 nitrogen and oxygen atoms in total. The van der Waals surface area contributed by atoms with Gasteiger partial charge in [0.1, 0.15) is 0 Å². The highest BCUT2D eigenvalue weighted by atomic mass is 79.9. The van der Waals surface area contributed by atoms with Gasteiger partial charge in [0.2, 0.25) is 0 Å². The van der Waals surface area contributed by atoms with Crippen LogP contribution in [0.4, 0.5) is 8.78 Å². The lowest BCUT2D eigenvalue weighted by Crippen LogP contribution is -2.36. The van der Waals surface area contributed by atoms with E-state index in [2.05, 4.69) is 15.9 Å². The number of aliphatic hydroxyl groups is 1. The molecule has 4 heteroatoms. The van der Waals surface area contributed by atoms with Crippen molar-refractivity contribution in [1.82, 2.24) is 0 Å². The zero-order valence-electron chi connectivity index (χ0n) is 8.57. The van der Waals surface area contributed by atoms with Gasteiger partial charge in [-0.15, -0.1) is 0 Å². The molecule has 82 valence electrons. The van der Waals surface area contributed by atoms with Crippen LogP contribution in [-0.2, 0) is 0 Å². The lowest BCUT2D eigenvalue weighted by molar-refractivity contribution is 0.0341. The molecule has 0 radical (unpaired) electrons. The predicted molar refractivity (Wildman–Crippen MR) is 55.6 cm³/mol. The lowest BCUT2D eigenvalue weighted by Gasteiger charge is -2.39. The minimum Gasteiger partial charge on any atom is -0.386 e. The molecule has 0 saturated heterocycles. The minimum absolute atomic E-state index is 0.0289. The summed E-state index contributed by atoms with van der Waals surface area (Å²) in [4.78, 5) is -3.01. The Balaban J connectivity index is 3.03. The second-order valence-electron chi connectivity index (χ2n) is 5.04. The van der Waals surface area contributed by atoms with Crippen LogP contribution in [0.3, 0.4) is 0 Å². The fraction of sp³-hybridized carbons (Fsp3) is 0.800. The molecule has 0 bridgehead atoms. The molecule has 1 aliphatic rings. The molecule has 0 aromatic rings. The number of hydrogen-bond donors (Lipinski definition) is 1. The second kappa shape index (κ2) is 3.27. The highest BCUT2D eigenvalue weighted by Crippen LogP contribution is 2.46. The van der Waals surface area contributed by atoms with Gasteiger partial charge >= 0.3 is 4.83 Å². The van der Waals surface area contributed by atoms with E-state index in [1.807, 2.05) is 13.8 Å². The van der Waals surface area contributed by atoms with Crippen LogP contribution in [0, 0.1) is 5.41 Å². The van der Waals surface area contributed by atoms with Crippen LogP contribution in [-0.4, -0.2) is 15.5 Å². The molecule has 14 heavy (non-hydrogen) atoms. The summed E-state index contributed by atoms with van der Waals surface area (Å²) in [5.74, 6) is 0. The van der Waals surface area contributed by atoms with E-state index in [1.165, 1.54) is 6.08 Å². The Labute approximate surface area is 91.3 Å². The van der Waals surface area contributed by atoms with Crippen LogP contribution in [0.5, 0.6) is 0 Å². The van der Waals surface area contributed by atoms with Crippen molar-refractivity contribution in [2.45, 2.75) is 44.0 Å². The monoisotopic (exact) mass is 268 g/mol. The second-order valence-corrected chi connectivity index (χ2v) is 6.04. The average Bonchev–Trinajstić information content (AvgIpc) is 1.76. The summed E-state index contributed by atoms with van der Waals surface area (Å²) in [5.41, 5.74) is -1.45. The van der Waals surface area contributed by atoms with Gasteiger partial charge in [0, 0.05) is 5.57 Å². The zero-order chi connectivity index (χ0) is 11.2. The number of alkyl halides is 3. The Morgan fingerprint density at radius 1 is 1.43 bits per heavy atom. The SMILES string of the molecule is CC1(O)C=C(C(F)(F)Br)CC(C)(C)C1. The van der Waals surface area contributed by atoms with Gasteiger partial charge < -0.3 is 5.11 Å². The van der Waals surface area contributed by atoms with Crippen molar-refractivity contribution in [3.05, 3.63) is 11.6 Å². The fourth-order valence-corrected chi connectivity index (χ4v) is 2.46. The summed E-state index contributed by atoms with van der Waals surface area (Å²) in [6.45, 7) is 5.33. The molecule has 0 spiro atoms. The highest BCUT2D eigenvalue weighted by Gasteiger charge is 2.42. The van der Waals surface area contributed by atoms with E-state index in [9.17, 15) is 13.9 Å². The maximum atomic E-state index is 13.0. The summed E-state index contributed by atoms with van der Waals surface area (Å²) in [5, 5.41) is 9.81. The van der Waals surface area contributed by atoms with Gasteiger partial charge in [-0.05, 0) is 47.2 Å². The van der Waals surface area contributed by atoms with Gasteiger partial charge in [-0.25, -0.2) is 0 Å². The summed E-state index contributed by atoms with van der Waals surface area (Å²) in [7, 11) is 0. The van der Waals surface area contributed by atoms with Crippen molar-refractivity contribution in [2.24, 2.45) is 5.41 Å². The molecule has 1 unspecified atom stereocenters. The molecular formula is C10H15BrF2O. The van der Waals surface area contributed by atoms with E-state index in [0.29, 0.717) is 12.8 Å². The van der Waals surface area contributed by atoms with Crippen molar-refractivity contribution >= 4 is 15.9 Å². The van der Waals surface area contributed by atoms with Crippen molar-refractivity contribution < 1.29 is 13.9 Å². The third kappa shape index (κ3) is 3.02. The predicted octanol–water partition coefficient (Wildman–Crippen LogP) is 3.47. The summed E-state index contributed by atoms with van der Waals surface area (Å²) >= 11 is 2.33. The van der Waals surface area contributed by atoms with Crippen LogP contribution in [0.2, 0.25) is 0 Å². The molecule has 0 aromatic carbocycles. The molecule has 0 aliphatic heterocycles. The maximum Gasteiger partial charge on any atom is 0.322 e. The van der Waals surface area contributed by atoms with Crippen LogP contribution < -0.4 is 0 Å². The Bertz CT molecular complexity index is 264. The summed E-state index contributed by atoms with van der Waals surface area (Å²) in [6, 6.07) is 0. The zero-order valence-corrected chi connectivity index (χ0v) is 10.2. The van der Waals surface area contributed by atoms with E-state index in [1.54, 1.807) is 6.92 Å². The molecule has 0 saturated carbocycles. The first-order valence-corrected chi connectivity index (χ1v) is 5.33. The number of hydrogen-bond acceptors (Lipinski definition) is 1. The van der Waals surface area contributed by atoms with Crippen LogP contribution in [0.15, 0.2) is 11.6 Å². The average molecular weight is 269 g/mol. The third-order valence-electron chi connectivity index (χ3n) is 2.35. The van der Waals surface area contributed by atoms with Gasteiger partial charge in [-0.3, -0.25) is 0 Å². The Morgan fingerprint density at radius 2 is 1.93 bits per heavy atom. The van der Waals surface area contributed by atoms with Gasteiger partial charge in [-0.2, -0.15) is 8.78 Å². The number of allylic oxidation sites excluding steroid dienone is 1. The molecule has 0 aromatic heterocycles. The first-order chi connectivity index (χ1) is 6.02. The van der Waals surface area contributed by atoms with E-state index >= 15 is 0 Å². The largest absolute Gasteiger partial charge is 0.386 e. The fourth-order valence-electron chi connectivity index (χ4n) is 2.21. The number of rotatable bonds is 1. The van der Waals surface area contributed by atoms with E-state index in [-0.39, 0.29) is 11.0 Å². The number of halogens is 3. The van der Waals surface area contributed by atoms with Crippen LogP contribution >= 0.6 is 15.9 Å². The van der Waals surface area contributed by atoms with Gasteiger partial charge in [0.15, 0.2) is 0 Å². The first-order valence-electron chi connectivity index (χ1n) is 4.53. The van der Waals surface area contributed by atoms with Crippen molar-refractivity contribution in [1.29, 1.82) is 0 Å². The van der Waals surface area contributed by atoms with E-state index in [0.717, 1.165) is 0 Å². The van der Waals surface area contributed by atoms with Crippen molar-refractivity contribution in [3.8, 4) is 0 Å². The smallest absolute Gasteiger partial charge is 0.322 e. The normalized spacial score (nSPS) is 32.6. The highest BCUT2D eigenvalue weighted by molar-refractivity contribution is 9.10. The van der Waals surface area contributed by atoms with Gasteiger partial charge in [0.25, 0.3) is 0 Å². The topological polar surface area (TPSA) is 20.2 Å². The molecule has 0 heterocycles. The standard InChI is InChI=1S/C10H15BrF2O/c1-8(2)4-7(10(11,12)13)5-9(3,14)6-8/h5,14H,4,6H2,1-3H3. The van der Waals surface area contributed by atoms with Gasteiger partial charge in [0.05, 0.1) is 5.60 Å². The first kappa shape index (κ1) is 12.1. The summed E-state index contributed by atoms with van der Waals surface area (Å²) < 4.78 is 26.1. The van der Waals surface area contributed by atoms with E-state index < -0.39 is 10.4 Å². The van der Waals surface area contributed by atoms with Crippen LogP contribution in [0.1, 0.15) is 33.6 Å². The molecule has 0 amide bonds. The molecule has 1 N–H and O–H groups in total. The minimum atomic E-state index is -3.01. The molecule has 0 fully saturated rings. The lowest BCUT2D eigenvalue weighted by atomic mass is 9.71. The Morgan fingerprint density at radius 3 is 2.29 bits per heavy atom. The quantitative estimate of drug-likeness (QED) is 0.571. The van der Waals surface area contributed by atoms with Crippen molar-refractivity contribution in [2.75, 3.05) is 0 Å². The molecule has 1 atom stereocenters. The summed E-state index contributed by atoms with van der Waals surface area (Å²) in [6.07, 6.45) is 2.08. The Hall–Kier alpha value is 0.0400. The molecule has 1 rings (SSSR count). The van der Waals surface area contributed by atoms with Crippen LogP contribution in [0.25, 0.3) is 0 Å². The molecule has 1 aliphatic carbocycles. The Kier molecular flexibility index (Phi) is 2.83. The third-order valence-corrected chi connectivity index (χ3v) is 2.86. The maximum absolute atomic E-state index is 13.0. The van der Waals surface area contributed by atoms with Gasteiger partial charge in [-0.1, -0.05) is 13.8 Å². The molecular weight excluding hydrogens is 254 g/mol.